The van der Waals surface area contributed by atoms with Gasteiger partial charge in [-0.05, 0) is 32.8 Å². The van der Waals surface area contributed by atoms with Gasteiger partial charge < -0.3 is 9.64 Å². The van der Waals surface area contributed by atoms with Crippen molar-refractivity contribution in [3.8, 4) is 0 Å². The van der Waals surface area contributed by atoms with Crippen molar-refractivity contribution < 1.29 is 18.3 Å². The highest BCUT2D eigenvalue weighted by molar-refractivity contribution is 6.29. The van der Waals surface area contributed by atoms with Crippen molar-refractivity contribution in [2.75, 3.05) is 18.1 Å². The van der Waals surface area contributed by atoms with Crippen LogP contribution < -0.4 is 4.90 Å². The Morgan fingerprint density at radius 3 is 2.78 bits per heavy atom. The lowest BCUT2D eigenvalue weighted by atomic mass is 10.0. The highest BCUT2D eigenvalue weighted by Gasteiger charge is 2.53. The first kappa shape index (κ1) is 18.0. The summed E-state index contributed by atoms with van der Waals surface area (Å²) in [6.45, 7) is 3.50. The molecule has 0 aromatic carbocycles. The second kappa shape index (κ2) is 6.09. The van der Waals surface area contributed by atoms with Crippen LogP contribution in [-0.2, 0) is 20.9 Å². The number of nitrogens with zero attached hydrogens (tertiary/aromatic N) is 4. The minimum atomic E-state index is -3.92. The number of ether oxygens (including phenoxy) is 1. The van der Waals surface area contributed by atoms with Crippen LogP contribution in [0.5, 0.6) is 0 Å². The Balaban J connectivity index is 1.77. The number of halogens is 3. The number of rotatable bonds is 4. The highest BCUT2D eigenvalue weighted by Crippen LogP contribution is 2.58. The first-order valence-electron chi connectivity index (χ1n) is 8.61. The van der Waals surface area contributed by atoms with Gasteiger partial charge in [0.2, 0.25) is 5.82 Å². The van der Waals surface area contributed by atoms with E-state index in [1.165, 1.54) is 6.92 Å². The summed E-state index contributed by atoms with van der Waals surface area (Å²) in [7, 11) is 0. The zero-order valence-corrected chi connectivity index (χ0v) is 15.6. The van der Waals surface area contributed by atoms with Crippen LogP contribution in [0.3, 0.4) is 0 Å². The fourth-order valence-corrected chi connectivity index (χ4v) is 3.60. The van der Waals surface area contributed by atoms with E-state index < -0.39 is 17.7 Å². The second-order valence-electron chi connectivity index (χ2n) is 6.88. The number of carbonyl (C=O) groups excluding carboxylic acids is 1. The minimum Gasteiger partial charge on any atom is -0.461 e. The van der Waals surface area contributed by atoms with E-state index in [9.17, 15) is 13.6 Å². The molecule has 0 unspecified atom stereocenters. The molecule has 0 saturated heterocycles. The van der Waals surface area contributed by atoms with Crippen molar-refractivity contribution in [1.82, 2.24) is 15.0 Å². The Morgan fingerprint density at radius 2 is 2.11 bits per heavy atom. The lowest BCUT2D eigenvalue weighted by Gasteiger charge is -2.21. The third kappa shape index (κ3) is 2.92. The number of alkyl halides is 2. The van der Waals surface area contributed by atoms with Crippen molar-refractivity contribution >= 4 is 29.1 Å². The smallest absolute Gasteiger partial charge is 0.401 e. The van der Waals surface area contributed by atoms with Crippen LogP contribution in [0.4, 0.5) is 20.3 Å². The number of carbonyl (C=O) groups is 1. The Bertz CT molecular complexity index is 934. The van der Waals surface area contributed by atoms with Crippen molar-refractivity contribution in [3.05, 3.63) is 40.6 Å². The molecule has 1 aliphatic heterocycles. The number of esters is 1. The van der Waals surface area contributed by atoms with E-state index >= 15 is 0 Å². The Labute approximate surface area is 159 Å². The predicted octanol–water partition coefficient (Wildman–Crippen LogP) is 3.67. The maximum atomic E-state index is 14.5. The summed E-state index contributed by atoms with van der Waals surface area (Å²) >= 11 is 6.05. The number of anilines is 2. The van der Waals surface area contributed by atoms with Gasteiger partial charge in [-0.1, -0.05) is 11.6 Å². The minimum absolute atomic E-state index is 0.0321. The Hall–Kier alpha value is -2.35. The monoisotopic (exact) mass is 394 g/mol. The molecular formula is C18H17ClF2N4O2. The normalized spacial score (nSPS) is 17.1. The molecule has 0 amide bonds. The molecule has 0 bridgehead atoms. The van der Waals surface area contributed by atoms with E-state index in [1.807, 2.05) is 4.90 Å². The molecule has 2 aromatic heterocycles. The van der Waals surface area contributed by atoms with Gasteiger partial charge >= 0.3 is 11.9 Å². The maximum Gasteiger partial charge on any atom is 0.401 e. The molecule has 142 valence electrons. The largest absolute Gasteiger partial charge is 0.461 e. The molecule has 0 N–H and O–H groups in total. The van der Waals surface area contributed by atoms with Gasteiger partial charge in [0.05, 0.1) is 12.3 Å². The predicted molar refractivity (Wildman–Crippen MR) is 94.5 cm³/mol. The highest BCUT2D eigenvalue weighted by atomic mass is 35.5. The summed E-state index contributed by atoms with van der Waals surface area (Å²) in [6, 6.07) is 3.33. The molecule has 6 nitrogen and oxygen atoms in total. The van der Waals surface area contributed by atoms with Crippen LogP contribution in [-0.4, -0.2) is 34.1 Å². The second-order valence-corrected chi connectivity index (χ2v) is 7.26. The molecule has 9 heteroatoms. The van der Waals surface area contributed by atoms with Gasteiger partial charge in [0.25, 0.3) is 0 Å². The van der Waals surface area contributed by atoms with Gasteiger partial charge in [0.15, 0.2) is 0 Å². The van der Waals surface area contributed by atoms with Crippen molar-refractivity contribution in [2.24, 2.45) is 0 Å². The van der Waals surface area contributed by atoms with Gasteiger partial charge in [-0.3, -0.25) is 0 Å². The molecule has 4 rings (SSSR count). The summed E-state index contributed by atoms with van der Waals surface area (Å²) in [6.07, 6.45) is 3.73. The molecule has 1 saturated carbocycles. The van der Waals surface area contributed by atoms with Gasteiger partial charge in [-0.15, -0.1) is 0 Å². The fraction of sp³-hybridized carbons (Fsp3) is 0.444. The summed E-state index contributed by atoms with van der Waals surface area (Å²) in [5.74, 6) is -6.15. The number of pyridine rings is 1. The van der Waals surface area contributed by atoms with Gasteiger partial charge in [-0.25, -0.2) is 19.7 Å². The summed E-state index contributed by atoms with van der Waals surface area (Å²) in [5.41, 5.74) is 2.14. The lowest BCUT2D eigenvalue weighted by Crippen LogP contribution is -2.31. The van der Waals surface area contributed by atoms with Gasteiger partial charge in [0.1, 0.15) is 11.0 Å². The number of fused-ring (bicyclic) bond motifs is 2. The molecule has 0 radical (unpaired) electrons. The molecule has 2 aliphatic rings. The standard InChI is InChI=1S/C18H17ClF2N4O2/c1-3-27-16(26)18(20,21)15-23-10(2)6-14(24-15)25-9-17(4-5-17)11-8-22-13(19)7-12(11)25/h6-8H,3-5,9H2,1-2H3. The molecule has 1 spiro atoms. The van der Waals surface area contributed by atoms with Gasteiger partial charge in [0, 0.05) is 35.5 Å². The van der Waals surface area contributed by atoms with E-state index in [4.69, 9.17) is 11.6 Å². The van der Waals surface area contributed by atoms with Crippen molar-refractivity contribution in [1.29, 1.82) is 0 Å². The molecule has 3 heterocycles. The van der Waals surface area contributed by atoms with Crippen LogP contribution in [0, 0.1) is 6.92 Å². The molecule has 0 atom stereocenters. The van der Waals surface area contributed by atoms with Crippen LogP contribution in [0.1, 0.15) is 36.8 Å². The van der Waals surface area contributed by atoms with Crippen molar-refractivity contribution in [2.45, 2.75) is 38.0 Å². The SMILES string of the molecule is CCOC(=O)C(F)(F)c1nc(C)cc(N2CC3(CC3)c3cnc(Cl)cc32)n1. The first-order chi connectivity index (χ1) is 12.8. The van der Waals surface area contributed by atoms with Crippen LogP contribution in [0.2, 0.25) is 5.15 Å². The summed E-state index contributed by atoms with van der Waals surface area (Å²) in [4.78, 5) is 25.5. The Morgan fingerprint density at radius 1 is 1.37 bits per heavy atom. The first-order valence-corrected chi connectivity index (χ1v) is 8.99. The number of aryl methyl sites for hydroxylation is 1. The third-order valence-electron chi connectivity index (χ3n) is 4.96. The zero-order valence-electron chi connectivity index (χ0n) is 14.8. The van der Waals surface area contributed by atoms with E-state index in [2.05, 4.69) is 19.7 Å². The van der Waals surface area contributed by atoms with Crippen LogP contribution >= 0.6 is 11.6 Å². The average Bonchev–Trinajstić information content (AvgIpc) is 3.32. The summed E-state index contributed by atoms with van der Waals surface area (Å²) < 4.78 is 33.4. The van der Waals surface area contributed by atoms with E-state index in [0.717, 1.165) is 24.1 Å². The van der Waals surface area contributed by atoms with E-state index in [1.54, 1.807) is 25.3 Å². The Kier molecular flexibility index (Phi) is 4.06. The molecule has 1 aliphatic carbocycles. The van der Waals surface area contributed by atoms with Crippen LogP contribution in [0.15, 0.2) is 18.3 Å². The lowest BCUT2D eigenvalue weighted by molar-refractivity contribution is -0.174. The quantitative estimate of drug-likeness (QED) is 0.582. The van der Waals surface area contributed by atoms with E-state index in [0.29, 0.717) is 23.2 Å². The number of hydrogen-bond donors (Lipinski definition) is 0. The van der Waals surface area contributed by atoms with E-state index in [-0.39, 0.29) is 12.0 Å². The molecular weight excluding hydrogens is 378 g/mol. The fourth-order valence-electron chi connectivity index (χ4n) is 3.45. The maximum absolute atomic E-state index is 14.5. The topological polar surface area (TPSA) is 68.2 Å². The third-order valence-corrected chi connectivity index (χ3v) is 5.16. The average molecular weight is 395 g/mol. The zero-order chi connectivity index (χ0) is 19.4. The van der Waals surface area contributed by atoms with Crippen LogP contribution in [0.25, 0.3) is 0 Å². The van der Waals surface area contributed by atoms with Crippen molar-refractivity contribution in [3.63, 3.8) is 0 Å². The number of hydrogen-bond acceptors (Lipinski definition) is 6. The number of aromatic nitrogens is 3. The van der Waals surface area contributed by atoms with Gasteiger partial charge in [-0.2, -0.15) is 8.78 Å². The molecule has 1 fully saturated rings. The molecule has 27 heavy (non-hydrogen) atoms. The summed E-state index contributed by atoms with van der Waals surface area (Å²) in [5, 5.41) is 0.319. The molecule has 2 aromatic rings.